The quantitative estimate of drug-likeness (QED) is 0.647. The van der Waals surface area contributed by atoms with Crippen molar-refractivity contribution in [2.24, 2.45) is 0 Å². The Balaban J connectivity index is 1.97. The normalized spacial score (nSPS) is 11.7. The number of ether oxygens (including phenoxy) is 1. The lowest BCUT2D eigenvalue weighted by atomic mass is 10.2. The summed E-state index contributed by atoms with van der Waals surface area (Å²) in [6, 6.07) is 13.8. The zero-order chi connectivity index (χ0) is 19.1. The Morgan fingerprint density at radius 3 is 2.50 bits per heavy atom. The van der Waals surface area contributed by atoms with Gasteiger partial charge in [-0.1, -0.05) is 26.0 Å². The van der Waals surface area contributed by atoms with E-state index in [0.717, 1.165) is 29.0 Å². The maximum Gasteiger partial charge on any atom is 0.321 e. The minimum absolute atomic E-state index is 0.119. The Bertz CT molecular complexity index is 731. The van der Waals surface area contributed by atoms with Crippen LogP contribution < -0.4 is 10.1 Å². The zero-order valence-electron chi connectivity index (χ0n) is 16.2. The summed E-state index contributed by atoms with van der Waals surface area (Å²) in [6.07, 6.45) is 1.14. The van der Waals surface area contributed by atoms with Crippen molar-refractivity contribution in [2.45, 2.75) is 43.9 Å². The summed E-state index contributed by atoms with van der Waals surface area (Å²) < 4.78 is 5.16. The predicted molar refractivity (Wildman–Crippen MR) is 110 cm³/mol. The summed E-state index contributed by atoms with van der Waals surface area (Å²) in [4.78, 5) is 15.4. The van der Waals surface area contributed by atoms with Gasteiger partial charge in [0.1, 0.15) is 5.75 Å². The summed E-state index contributed by atoms with van der Waals surface area (Å²) in [7, 11) is 3.44. The van der Waals surface area contributed by atoms with Crippen LogP contribution in [0.1, 0.15) is 31.4 Å². The average Bonchev–Trinajstić information content (AvgIpc) is 2.64. The Kier molecular flexibility index (Phi) is 7.39. The van der Waals surface area contributed by atoms with Gasteiger partial charge >= 0.3 is 6.03 Å². The van der Waals surface area contributed by atoms with Gasteiger partial charge in [0.05, 0.1) is 7.11 Å². The summed E-state index contributed by atoms with van der Waals surface area (Å²) in [6.45, 7) is 6.98. The van der Waals surface area contributed by atoms with Crippen molar-refractivity contribution in [3.05, 3.63) is 53.6 Å². The summed E-state index contributed by atoms with van der Waals surface area (Å²) in [5.41, 5.74) is 2.98. The molecule has 0 saturated heterocycles. The molecule has 4 nitrogen and oxygen atoms in total. The minimum Gasteiger partial charge on any atom is -0.497 e. The number of aryl methyl sites for hydroxylation is 1. The van der Waals surface area contributed by atoms with Crippen LogP contribution in [0.5, 0.6) is 5.75 Å². The number of benzene rings is 2. The SMILES string of the molecule is CCC(C)Sc1ccc(NC(=O)N(C)Cc2ccc(OC)cc2)c(C)c1. The molecule has 1 atom stereocenters. The van der Waals surface area contributed by atoms with Crippen LogP contribution in [0.25, 0.3) is 0 Å². The number of hydrogen-bond acceptors (Lipinski definition) is 3. The Hall–Kier alpha value is -2.14. The second kappa shape index (κ2) is 9.53. The van der Waals surface area contributed by atoms with Crippen molar-refractivity contribution in [3.63, 3.8) is 0 Å². The van der Waals surface area contributed by atoms with Gasteiger partial charge in [0.15, 0.2) is 0 Å². The van der Waals surface area contributed by atoms with E-state index in [0.29, 0.717) is 11.8 Å². The lowest BCUT2D eigenvalue weighted by Crippen LogP contribution is -2.31. The number of carbonyl (C=O) groups excluding carboxylic acids is 1. The van der Waals surface area contributed by atoms with Gasteiger partial charge in [0.2, 0.25) is 0 Å². The van der Waals surface area contributed by atoms with Crippen LogP contribution >= 0.6 is 11.8 Å². The molecule has 0 aromatic heterocycles. The molecule has 140 valence electrons. The second-order valence-electron chi connectivity index (χ2n) is 6.45. The number of methoxy groups -OCH3 is 1. The number of hydrogen-bond donors (Lipinski definition) is 1. The van der Waals surface area contributed by atoms with E-state index in [2.05, 4.69) is 31.3 Å². The van der Waals surface area contributed by atoms with Crippen molar-refractivity contribution in [1.82, 2.24) is 4.90 Å². The Labute approximate surface area is 160 Å². The van der Waals surface area contributed by atoms with Crippen LogP contribution in [-0.4, -0.2) is 30.3 Å². The first-order valence-corrected chi connectivity index (χ1v) is 9.73. The first-order chi connectivity index (χ1) is 12.4. The van der Waals surface area contributed by atoms with Gasteiger partial charge in [-0.3, -0.25) is 0 Å². The van der Waals surface area contributed by atoms with Crippen molar-refractivity contribution in [3.8, 4) is 5.75 Å². The number of rotatable bonds is 7. The topological polar surface area (TPSA) is 41.6 Å². The zero-order valence-corrected chi connectivity index (χ0v) is 17.0. The number of thioether (sulfide) groups is 1. The standard InChI is InChI=1S/C21H28N2O2S/c1-6-16(3)26-19-11-12-20(15(2)13-19)22-21(24)23(4)14-17-7-9-18(25-5)10-8-17/h7-13,16H,6,14H2,1-5H3,(H,22,24). The molecule has 1 unspecified atom stereocenters. The fraction of sp³-hybridized carbons (Fsp3) is 0.381. The van der Waals surface area contributed by atoms with E-state index >= 15 is 0 Å². The highest BCUT2D eigenvalue weighted by molar-refractivity contribution is 7.99. The van der Waals surface area contributed by atoms with Gasteiger partial charge in [-0.05, 0) is 54.8 Å². The monoisotopic (exact) mass is 372 g/mol. The highest BCUT2D eigenvalue weighted by Crippen LogP contribution is 2.28. The molecule has 0 bridgehead atoms. The van der Waals surface area contributed by atoms with E-state index < -0.39 is 0 Å². The molecule has 0 radical (unpaired) electrons. The Morgan fingerprint density at radius 1 is 1.23 bits per heavy atom. The fourth-order valence-corrected chi connectivity index (χ4v) is 3.48. The van der Waals surface area contributed by atoms with Crippen LogP contribution in [0, 0.1) is 6.92 Å². The molecule has 0 spiro atoms. The molecule has 2 amide bonds. The lowest BCUT2D eigenvalue weighted by Gasteiger charge is -2.19. The minimum atomic E-state index is -0.119. The molecule has 0 heterocycles. The molecule has 2 aromatic carbocycles. The van der Waals surface area contributed by atoms with Crippen LogP contribution in [0.4, 0.5) is 10.5 Å². The first kappa shape index (κ1) is 20.2. The molecule has 26 heavy (non-hydrogen) atoms. The third kappa shape index (κ3) is 5.70. The van der Waals surface area contributed by atoms with Crippen molar-refractivity contribution in [1.29, 1.82) is 0 Å². The number of amides is 2. The van der Waals surface area contributed by atoms with E-state index in [1.54, 1.807) is 19.1 Å². The third-order valence-corrected chi connectivity index (χ3v) is 5.54. The number of anilines is 1. The van der Waals surface area contributed by atoms with Gasteiger partial charge in [-0.15, -0.1) is 11.8 Å². The van der Waals surface area contributed by atoms with Crippen LogP contribution in [0.15, 0.2) is 47.4 Å². The number of urea groups is 1. The maximum atomic E-state index is 12.5. The van der Waals surface area contributed by atoms with Gasteiger partial charge in [0.25, 0.3) is 0 Å². The van der Waals surface area contributed by atoms with Crippen molar-refractivity contribution < 1.29 is 9.53 Å². The molecule has 0 aliphatic carbocycles. The molecule has 0 aliphatic heterocycles. The molecule has 2 rings (SSSR count). The van der Waals surface area contributed by atoms with Gasteiger partial charge in [0, 0.05) is 29.4 Å². The van der Waals surface area contributed by atoms with E-state index in [4.69, 9.17) is 4.74 Å². The third-order valence-electron chi connectivity index (χ3n) is 4.28. The lowest BCUT2D eigenvalue weighted by molar-refractivity contribution is 0.220. The van der Waals surface area contributed by atoms with Crippen LogP contribution in [-0.2, 0) is 6.54 Å². The highest BCUT2D eigenvalue weighted by Gasteiger charge is 2.12. The van der Waals surface area contributed by atoms with Crippen LogP contribution in [0.3, 0.4) is 0 Å². The largest absolute Gasteiger partial charge is 0.497 e. The summed E-state index contributed by atoms with van der Waals surface area (Å²) in [5, 5.41) is 3.59. The van der Waals surface area contributed by atoms with E-state index in [1.807, 2.05) is 49.0 Å². The average molecular weight is 373 g/mol. The van der Waals surface area contributed by atoms with Crippen molar-refractivity contribution >= 4 is 23.5 Å². The Morgan fingerprint density at radius 2 is 1.92 bits per heavy atom. The molecule has 0 saturated carbocycles. The molecule has 5 heteroatoms. The second-order valence-corrected chi connectivity index (χ2v) is 7.96. The van der Waals surface area contributed by atoms with Crippen LogP contribution in [0.2, 0.25) is 0 Å². The summed E-state index contributed by atoms with van der Waals surface area (Å²) >= 11 is 1.86. The predicted octanol–water partition coefficient (Wildman–Crippen LogP) is 5.56. The van der Waals surface area contributed by atoms with E-state index in [1.165, 1.54) is 4.90 Å². The molecule has 1 N–H and O–H groups in total. The molecule has 0 aliphatic rings. The first-order valence-electron chi connectivity index (χ1n) is 8.85. The van der Waals surface area contributed by atoms with Gasteiger partial charge in [-0.2, -0.15) is 0 Å². The summed E-state index contributed by atoms with van der Waals surface area (Å²) in [5.74, 6) is 0.812. The number of nitrogens with zero attached hydrogens (tertiary/aromatic N) is 1. The number of carbonyl (C=O) groups is 1. The maximum absolute atomic E-state index is 12.5. The highest BCUT2D eigenvalue weighted by atomic mass is 32.2. The number of nitrogens with one attached hydrogen (secondary N) is 1. The van der Waals surface area contributed by atoms with E-state index in [-0.39, 0.29) is 6.03 Å². The van der Waals surface area contributed by atoms with Gasteiger partial charge < -0.3 is 15.0 Å². The molecular formula is C21H28N2O2S. The molecule has 0 fully saturated rings. The molecular weight excluding hydrogens is 344 g/mol. The molecule has 2 aromatic rings. The fourth-order valence-electron chi connectivity index (χ4n) is 2.45. The van der Waals surface area contributed by atoms with Gasteiger partial charge in [-0.25, -0.2) is 4.79 Å². The smallest absolute Gasteiger partial charge is 0.321 e. The van der Waals surface area contributed by atoms with E-state index in [9.17, 15) is 4.79 Å². The van der Waals surface area contributed by atoms with Crippen molar-refractivity contribution in [2.75, 3.05) is 19.5 Å².